The lowest BCUT2D eigenvalue weighted by molar-refractivity contribution is -0.122. The Balaban J connectivity index is 2.08. The van der Waals surface area contributed by atoms with Gasteiger partial charge in [0, 0.05) is 17.9 Å². The average Bonchev–Trinajstić information content (AvgIpc) is 2.86. The summed E-state index contributed by atoms with van der Waals surface area (Å²) in [7, 11) is 0. The van der Waals surface area contributed by atoms with E-state index in [0.717, 1.165) is 34.0 Å². The first-order chi connectivity index (χ1) is 12.3. The van der Waals surface area contributed by atoms with Gasteiger partial charge in [-0.15, -0.1) is 0 Å². The number of nitrogens with zero attached hydrogens (tertiary/aromatic N) is 2. The quantitative estimate of drug-likeness (QED) is 0.682. The van der Waals surface area contributed by atoms with E-state index in [0.29, 0.717) is 5.69 Å². The third-order valence-corrected chi connectivity index (χ3v) is 4.69. The third kappa shape index (κ3) is 2.83. The molecular formula is C20H21N3O3. The molecule has 0 unspecified atom stereocenters. The Hall–Kier alpha value is -3.15. The number of aryl methyl sites for hydroxylation is 2. The van der Waals surface area contributed by atoms with E-state index in [2.05, 4.69) is 9.88 Å². The zero-order valence-electron chi connectivity index (χ0n) is 15.3. The van der Waals surface area contributed by atoms with E-state index >= 15 is 0 Å². The summed E-state index contributed by atoms with van der Waals surface area (Å²) in [6.45, 7) is 8.57. The highest BCUT2D eigenvalue weighted by atomic mass is 16.2. The van der Waals surface area contributed by atoms with Crippen LogP contribution in [-0.2, 0) is 16.1 Å². The first-order valence-electron chi connectivity index (χ1n) is 8.49. The molecule has 1 aliphatic heterocycles. The highest BCUT2D eigenvalue weighted by molar-refractivity contribution is 6.39. The van der Waals surface area contributed by atoms with Crippen LogP contribution < -0.4 is 10.2 Å². The fourth-order valence-corrected chi connectivity index (χ4v) is 3.31. The molecule has 0 radical (unpaired) electrons. The number of para-hydroxylation sites is 1. The van der Waals surface area contributed by atoms with Gasteiger partial charge in [-0.1, -0.05) is 18.2 Å². The summed E-state index contributed by atoms with van der Waals surface area (Å²) in [4.78, 5) is 38.5. The molecule has 0 atom stereocenters. The molecule has 0 aliphatic carbocycles. The molecule has 1 aliphatic rings. The molecule has 1 saturated heterocycles. The van der Waals surface area contributed by atoms with Crippen LogP contribution in [0.1, 0.15) is 29.4 Å². The number of nitrogens with one attached hydrogen (secondary N) is 1. The van der Waals surface area contributed by atoms with E-state index in [4.69, 9.17) is 0 Å². The number of urea groups is 1. The number of anilines is 1. The number of aromatic nitrogens is 1. The summed E-state index contributed by atoms with van der Waals surface area (Å²) in [6.07, 6.45) is 1.56. The number of hydrogen-bond acceptors (Lipinski definition) is 3. The molecule has 0 bridgehead atoms. The third-order valence-electron chi connectivity index (χ3n) is 4.69. The number of benzene rings is 1. The number of imide groups is 2. The van der Waals surface area contributed by atoms with E-state index < -0.39 is 17.8 Å². The smallest absolute Gasteiger partial charge is 0.335 e. The first kappa shape index (κ1) is 17.7. The van der Waals surface area contributed by atoms with Gasteiger partial charge >= 0.3 is 6.03 Å². The molecule has 2 heterocycles. The van der Waals surface area contributed by atoms with Crippen LogP contribution in [0.5, 0.6) is 0 Å². The van der Waals surface area contributed by atoms with Gasteiger partial charge in [-0.25, -0.2) is 9.69 Å². The molecule has 2 aromatic rings. The molecule has 1 N–H and O–H groups in total. The molecule has 1 fully saturated rings. The number of rotatable bonds is 3. The summed E-state index contributed by atoms with van der Waals surface area (Å²) >= 11 is 0. The summed E-state index contributed by atoms with van der Waals surface area (Å²) < 4.78 is 2.10. The highest BCUT2D eigenvalue weighted by Gasteiger charge is 2.37. The second kappa shape index (κ2) is 6.63. The van der Waals surface area contributed by atoms with Crippen molar-refractivity contribution in [1.82, 2.24) is 9.88 Å². The maximum Gasteiger partial charge on any atom is 0.335 e. The fourth-order valence-electron chi connectivity index (χ4n) is 3.31. The van der Waals surface area contributed by atoms with Gasteiger partial charge < -0.3 is 4.57 Å². The molecule has 4 amide bonds. The van der Waals surface area contributed by atoms with E-state index in [1.54, 1.807) is 18.2 Å². The van der Waals surface area contributed by atoms with Gasteiger partial charge in [0.25, 0.3) is 11.8 Å². The van der Waals surface area contributed by atoms with Crippen molar-refractivity contribution >= 4 is 29.6 Å². The van der Waals surface area contributed by atoms with Gasteiger partial charge in [-0.3, -0.25) is 14.9 Å². The first-order valence-corrected chi connectivity index (χ1v) is 8.49. The number of carbonyl (C=O) groups is 3. The van der Waals surface area contributed by atoms with Gasteiger partial charge in [0.2, 0.25) is 0 Å². The van der Waals surface area contributed by atoms with Crippen LogP contribution in [0.4, 0.5) is 10.5 Å². The maximum absolute atomic E-state index is 12.9. The lowest BCUT2D eigenvalue weighted by atomic mass is 10.1. The number of barbiturate groups is 1. The van der Waals surface area contributed by atoms with Gasteiger partial charge in [-0.2, -0.15) is 0 Å². The Kier molecular flexibility index (Phi) is 4.50. The van der Waals surface area contributed by atoms with Crippen molar-refractivity contribution in [3.8, 4) is 0 Å². The van der Waals surface area contributed by atoms with Crippen molar-refractivity contribution in [2.24, 2.45) is 0 Å². The summed E-state index contributed by atoms with van der Waals surface area (Å²) in [6, 6.07) is 8.27. The van der Waals surface area contributed by atoms with Gasteiger partial charge in [-0.05, 0) is 57.0 Å². The van der Waals surface area contributed by atoms with E-state index in [1.807, 2.05) is 45.9 Å². The summed E-state index contributed by atoms with van der Waals surface area (Å²) in [5.74, 6) is -1.29. The lowest BCUT2D eigenvalue weighted by Gasteiger charge is -2.27. The Morgan fingerprint density at radius 2 is 1.77 bits per heavy atom. The minimum Gasteiger partial charge on any atom is -0.349 e. The second-order valence-corrected chi connectivity index (χ2v) is 6.32. The van der Waals surface area contributed by atoms with E-state index in [-0.39, 0.29) is 5.57 Å². The summed E-state index contributed by atoms with van der Waals surface area (Å²) in [5, 5.41) is 2.26. The van der Waals surface area contributed by atoms with Crippen molar-refractivity contribution in [2.75, 3.05) is 4.90 Å². The molecule has 0 saturated carbocycles. The van der Waals surface area contributed by atoms with E-state index in [1.165, 1.54) is 0 Å². The number of amides is 4. The van der Waals surface area contributed by atoms with Crippen molar-refractivity contribution in [3.63, 3.8) is 0 Å². The minimum atomic E-state index is -0.731. The number of carbonyl (C=O) groups excluding carboxylic acids is 3. The van der Waals surface area contributed by atoms with Crippen LogP contribution in [0.25, 0.3) is 6.08 Å². The fraction of sp³-hybridized carbons (Fsp3) is 0.250. The van der Waals surface area contributed by atoms with Gasteiger partial charge in [0.15, 0.2) is 0 Å². The SMILES string of the molecule is CCn1c(C)cc(C=C2C(=O)NC(=O)N(c3ccccc3C)C2=O)c1C. The Morgan fingerprint density at radius 3 is 2.38 bits per heavy atom. The monoisotopic (exact) mass is 351 g/mol. The predicted octanol–water partition coefficient (Wildman–Crippen LogP) is 3.10. The molecule has 0 spiro atoms. The zero-order valence-corrected chi connectivity index (χ0v) is 15.3. The highest BCUT2D eigenvalue weighted by Crippen LogP contribution is 2.26. The van der Waals surface area contributed by atoms with Crippen LogP contribution in [0, 0.1) is 20.8 Å². The average molecular weight is 351 g/mol. The van der Waals surface area contributed by atoms with Gasteiger partial charge in [0.05, 0.1) is 5.69 Å². The predicted molar refractivity (Wildman–Crippen MR) is 99.8 cm³/mol. The van der Waals surface area contributed by atoms with Crippen LogP contribution in [0.3, 0.4) is 0 Å². The van der Waals surface area contributed by atoms with Gasteiger partial charge in [0.1, 0.15) is 5.57 Å². The second-order valence-electron chi connectivity index (χ2n) is 6.32. The zero-order chi connectivity index (χ0) is 19.0. The normalized spacial score (nSPS) is 16.4. The molecule has 6 heteroatoms. The molecule has 6 nitrogen and oxygen atoms in total. The molecule has 26 heavy (non-hydrogen) atoms. The van der Waals surface area contributed by atoms with Crippen LogP contribution in [0.2, 0.25) is 0 Å². The number of hydrogen-bond donors (Lipinski definition) is 1. The Bertz CT molecular complexity index is 953. The molecule has 134 valence electrons. The Labute approximate surface area is 152 Å². The topological polar surface area (TPSA) is 71.4 Å². The Morgan fingerprint density at radius 1 is 1.08 bits per heavy atom. The van der Waals surface area contributed by atoms with Crippen molar-refractivity contribution in [2.45, 2.75) is 34.2 Å². The molecule has 1 aromatic heterocycles. The maximum atomic E-state index is 12.9. The lowest BCUT2D eigenvalue weighted by Crippen LogP contribution is -2.54. The van der Waals surface area contributed by atoms with Crippen LogP contribution in [0.15, 0.2) is 35.9 Å². The standard InChI is InChI=1S/C20H21N3O3/c1-5-22-13(3)10-15(14(22)4)11-16-18(24)21-20(26)23(19(16)25)17-9-7-6-8-12(17)2/h6-11H,5H2,1-4H3,(H,21,24,26). The van der Waals surface area contributed by atoms with Crippen LogP contribution >= 0.6 is 0 Å². The molecular weight excluding hydrogens is 330 g/mol. The summed E-state index contributed by atoms with van der Waals surface area (Å²) in [5.41, 5.74) is 4.00. The largest absolute Gasteiger partial charge is 0.349 e. The molecule has 1 aromatic carbocycles. The molecule has 3 rings (SSSR count). The van der Waals surface area contributed by atoms with Crippen molar-refractivity contribution < 1.29 is 14.4 Å². The van der Waals surface area contributed by atoms with E-state index in [9.17, 15) is 14.4 Å². The van der Waals surface area contributed by atoms with Crippen molar-refractivity contribution in [1.29, 1.82) is 0 Å². The van der Waals surface area contributed by atoms with Crippen molar-refractivity contribution in [3.05, 3.63) is 58.4 Å². The van der Waals surface area contributed by atoms with Crippen LogP contribution in [-0.4, -0.2) is 22.4 Å². The minimum absolute atomic E-state index is 0.0517.